The molecule has 0 aromatic heterocycles. The zero-order chi connectivity index (χ0) is 13.2. The highest BCUT2D eigenvalue weighted by molar-refractivity contribution is 4.77. The summed E-state index contributed by atoms with van der Waals surface area (Å²) in [4.78, 5) is 0. The Morgan fingerprint density at radius 2 is 1.56 bits per heavy atom. The summed E-state index contributed by atoms with van der Waals surface area (Å²) >= 11 is 0. The molecule has 108 valence electrons. The molecule has 0 aromatic rings. The Morgan fingerprint density at radius 3 is 2.06 bits per heavy atom. The summed E-state index contributed by atoms with van der Waals surface area (Å²) in [7, 11) is 2.17. The van der Waals surface area contributed by atoms with Crippen LogP contribution in [0, 0.1) is 11.8 Å². The van der Waals surface area contributed by atoms with Crippen LogP contribution in [0.2, 0.25) is 0 Å². The number of hydrogen-bond acceptors (Lipinski definition) is 1. The lowest BCUT2D eigenvalue weighted by Crippen LogP contribution is -2.34. The van der Waals surface area contributed by atoms with Crippen molar-refractivity contribution in [1.29, 1.82) is 0 Å². The normalized spacial score (nSPS) is 19.3. The maximum Gasteiger partial charge on any atom is 0.00924 e. The highest BCUT2D eigenvalue weighted by atomic mass is 14.9. The standard InChI is InChI=1S/C17H35N/c1-4-9-16(10-5-2)17(18-3)14-13-15-11-7-6-8-12-15/h15-18H,4-14H2,1-3H3. The molecule has 0 radical (unpaired) electrons. The topological polar surface area (TPSA) is 12.0 Å². The first-order valence-electron chi connectivity index (χ1n) is 8.49. The van der Waals surface area contributed by atoms with Crippen LogP contribution in [0.5, 0.6) is 0 Å². The molecule has 0 amide bonds. The second-order valence-corrected chi connectivity index (χ2v) is 6.31. The quantitative estimate of drug-likeness (QED) is 0.599. The van der Waals surface area contributed by atoms with E-state index in [0.717, 1.165) is 17.9 Å². The van der Waals surface area contributed by atoms with E-state index in [1.807, 2.05) is 0 Å². The Morgan fingerprint density at radius 1 is 0.944 bits per heavy atom. The molecule has 1 saturated carbocycles. The van der Waals surface area contributed by atoms with Gasteiger partial charge in [0.15, 0.2) is 0 Å². The molecule has 1 N–H and O–H groups in total. The average molecular weight is 253 g/mol. The Balaban J connectivity index is 2.32. The summed E-state index contributed by atoms with van der Waals surface area (Å²) in [6, 6.07) is 0.770. The Kier molecular flexibility index (Phi) is 8.75. The first-order valence-corrected chi connectivity index (χ1v) is 8.49. The lowest BCUT2D eigenvalue weighted by Gasteiger charge is -2.29. The van der Waals surface area contributed by atoms with Crippen LogP contribution in [0.4, 0.5) is 0 Å². The maximum absolute atomic E-state index is 3.61. The van der Waals surface area contributed by atoms with Gasteiger partial charge in [0.2, 0.25) is 0 Å². The molecule has 1 unspecified atom stereocenters. The van der Waals surface area contributed by atoms with E-state index < -0.39 is 0 Å². The van der Waals surface area contributed by atoms with Gasteiger partial charge in [0, 0.05) is 6.04 Å². The van der Waals surface area contributed by atoms with Gasteiger partial charge in [-0.25, -0.2) is 0 Å². The third-order valence-corrected chi connectivity index (χ3v) is 4.87. The average Bonchev–Trinajstić information content (AvgIpc) is 2.41. The van der Waals surface area contributed by atoms with Gasteiger partial charge in [-0.3, -0.25) is 0 Å². The van der Waals surface area contributed by atoms with E-state index in [9.17, 15) is 0 Å². The second kappa shape index (κ2) is 9.83. The van der Waals surface area contributed by atoms with Crippen molar-refractivity contribution >= 4 is 0 Å². The van der Waals surface area contributed by atoms with Crippen LogP contribution < -0.4 is 5.32 Å². The Bertz CT molecular complexity index is 178. The van der Waals surface area contributed by atoms with Gasteiger partial charge in [0.25, 0.3) is 0 Å². The summed E-state index contributed by atoms with van der Waals surface area (Å²) in [6.07, 6.45) is 15.8. The second-order valence-electron chi connectivity index (χ2n) is 6.31. The van der Waals surface area contributed by atoms with Crippen LogP contribution in [0.3, 0.4) is 0 Å². The van der Waals surface area contributed by atoms with Crippen LogP contribution in [0.15, 0.2) is 0 Å². The van der Waals surface area contributed by atoms with E-state index in [1.54, 1.807) is 0 Å². The SMILES string of the molecule is CCCC(CCC)C(CCC1CCCCC1)NC. The Labute approximate surface area is 115 Å². The van der Waals surface area contributed by atoms with Gasteiger partial charge in [-0.05, 0) is 44.6 Å². The predicted octanol–water partition coefficient (Wildman–Crippen LogP) is 5.15. The van der Waals surface area contributed by atoms with Crippen molar-refractivity contribution in [2.24, 2.45) is 11.8 Å². The largest absolute Gasteiger partial charge is 0.317 e. The lowest BCUT2D eigenvalue weighted by atomic mass is 9.82. The van der Waals surface area contributed by atoms with Gasteiger partial charge in [0.1, 0.15) is 0 Å². The first kappa shape index (κ1) is 16.0. The molecule has 1 fully saturated rings. The number of nitrogens with one attached hydrogen (secondary N) is 1. The fourth-order valence-corrected chi connectivity index (χ4v) is 3.80. The molecular weight excluding hydrogens is 218 g/mol. The highest BCUT2D eigenvalue weighted by Crippen LogP contribution is 2.29. The van der Waals surface area contributed by atoms with Gasteiger partial charge >= 0.3 is 0 Å². The van der Waals surface area contributed by atoms with Crippen molar-refractivity contribution in [3.05, 3.63) is 0 Å². The van der Waals surface area contributed by atoms with E-state index >= 15 is 0 Å². The van der Waals surface area contributed by atoms with E-state index in [0.29, 0.717) is 0 Å². The van der Waals surface area contributed by atoms with Gasteiger partial charge in [-0.1, -0.05) is 58.8 Å². The molecule has 0 aliphatic heterocycles. The minimum Gasteiger partial charge on any atom is -0.317 e. The van der Waals surface area contributed by atoms with Crippen LogP contribution in [-0.4, -0.2) is 13.1 Å². The molecule has 1 heteroatoms. The van der Waals surface area contributed by atoms with Gasteiger partial charge < -0.3 is 5.32 Å². The molecule has 1 rings (SSSR count). The minimum absolute atomic E-state index is 0.770. The molecule has 1 aliphatic carbocycles. The molecule has 1 aliphatic rings. The molecule has 0 bridgehead atoms. The van der Waals surface area contributed by atoms with Crippen LogP contribution in [0.25, 0.3) is 0 Å². The van der Waals surface area contributed by atoms with Crippen molar-refractivity contribution < 1.29 is 0 Å². The smallest absolute Gasteiger partial charge is 0.00924 e. The summed E-state index contributed by atoms with van der Waals surface area (Å²) in [5, 5.41) is 3.61. The fourth-order valence-electron chi connectivity index (χ4n) is 3.80. The van der Waals surface area contributed by atoms with Gasteiger partial charge in [0.05, 0.1) is 0 Å². The van der Waals surface area contributed by atoms with E-state index in [2.05, 4.69) is 26.2 Å². The summed E-state index contributed by atoms with van der Waals surface area (Å²) in [6.45, 7) is 4.66. The Hall–Kier alpha value is -0.0400. The fraction of sp³-hybridized carbons (Fsp3) is 1.00. The van der Waals surface area contributed by atoms with Crippen molar-refractivity contribution in [3.63, 3.8) is 0 Å². The van der Waals surface area contributed by atoms with E-state index in [-0.39, 0.29) is 0 Å². The van der Waals surface area contributed by atoms with Crippen molar-refractivity contribution in [1.82, 2.24) is 5.32 Å². The summed E-state index contributed by atoms with van der Waals surface area (Å²) < 4.78 is 0. The maximum atomic E-state index is 3.61. The minimum atomic E-state index is 0.770. The summed E-state index contributed by atoms with van der Waals surface area (Å²) in [5.41, 5.74) is 0. The molecule has 1 nitrogen and oxygen atoms in total. The number of rotatable bonds is 9. The molecule has 0 aromatic carbocycles. The lowest BCUT2D eigenvalue weighted by molar-refractivity contribution is 0.265. The van der Waals surface area contributed by atoms with Gasteiger partial charge in [-0.15, -0.1) is 0 Å². The summed E-state index contributed by atoms with van der Waals surface area (Å²) in [5.74, 6) is 1.95. The monoisotopic (exact) mass is 253 g/mol. The van der Waals surface area contributed by atoms with Gasteiger partial charge in [-0.2, -0.15) is 0 Å². The van der Waals surface area contributed by atoms with Crippen molar-refractivity contribution in [2.75, 3.05) is 7.05 Å². The predicted molar refractivity (Wildman–Crippen MR) is 82.0 cm³/mol. The molecule has 1 atom stereocenters. The zero-order valence-corrected chi connectivity index (χ0v) is 13.0. The molecular formula is C17H35N. The third kappa shape index (κ3) is 5.73. The highest BCUT2D eigenvalue weighted by Gasteiger charge is 2.21. The first-order chi connectivity index (χ1) is 8.81. The van der Waals surface area contributed by atoms with Crippen molar-refractivity contribution in [2.45, 2.75) is 90.5 Å². The van der Waals surface area contributed by atoms with Crippen LogP contribution >= 0.6 is 0 Å². The molecule has 0 heterocycles. The third-order valence-electron chi connectivity index (χ3n) is 4.87. The van der Waals surface area contributed by atoms with E-state index in [4.69, 9.17) is 0 Å². The number of hydrogen-bond donors (Lipinski definition) is 1. The van der Waals surface area contributed by atoms with Crippen LogP contribution in [-0.2, 0) is 0 Å². The molecule has 0 spiro atoms. The van der Waals surface area contributed by atoms with E-state index in [1.165, 1.54) is 70.6 Å². The van der Waals surface area contributed by atoms with Crippen LogP contribution in [0.1, 0.15) is 84.5 Å². The molecule has 18 heavy (non-hydrogen) atoms. The zero-order valence-electron chi connectivity index (χ0n) is 13.0. The van der Waals surface area contributed by atoms with Crippen molar-refractivity contribution in [3.8, 4) is 0 Å². The molecule has 0 saturated heterocycles.